The molecule has 0 bridgehead atoms. The van der Waals surface area contributed by atoms with E-state index in [1.54, 1.807) is 0 Å². The maximum absolute atomic E-state index is 12.8. The van der Waals surface area contributed by atoms with E-state index in [2.05, 4.69) is 42.8 Å². The Balaban J connectivity index is 2.09. The summed E-state index contributed by atoms with van der Waals surface area (Å²) in [7, 11) is 0. The molecule has 2 aliphatic rings. The zero-order valence-corrected chi connectivity index (χ0v) is 14.3. The van der Waals surface area contributed by atoms with Gasteiger partial charge in [-0.15, -0.1) is 0 Å². The number of nitrogens with one attached hydrogen (secondary N) is 1. The van der Waals surface area contributed by atoms with Gasteiger partial charge in [-0.25, -0.2) is 0 Å². The molecule has 1 amide bonds. The van der Waals surface area contributed by atoms with Gasteiger partial charge >= 0.3 is 0 Å². The van der Waals surface area contributed by atoms with Crippen LogP contribution in [0.5, 0.6) is 0 Å². The first-order chi connectivity index (χ1) is 10.1. The second kappa shape index (κ2) is 7.59. The molecule has 2 rings (SSSR count). The number of hydrogen-bond donors (Lipinski definition) is 1. The van der Waals surface area contributed by atoms with Gasteiger partial charge in [0.25, 0.3) is 0 Å². The van der Waals surface area contributed by atoms with Crippen LogP contribution >= 0.6 is 0 Å². The fourth-order valence-electron chi connectivity index (χ4n) is 3.82. The Bertz CT molecular complexity index is 343. The molecule has 0 aromatic carbocycles. The summed E-state index contributed by atoms with van der Waals surface area (Å²) in [6, 6.07) is 0.458. The lowest BCUT2D eigenvalue weighted by molar-refractivity contribution is -0.133. The van der Waals surface area contributed by atoms with E-state index >= 15 is 0 Å². The number of hydrogen-bond acceptors (Lipinski definition) is 3. The molecular formula is C17H33N3O. The Kier molecular flexibility index (Phi) is 6.06. The first kappa shape index (κ1) is 16.8. The van der Waals surface area contributed by atoms with E-state index < -0.39 is 0 Å². The lowest BCUT2D eigenvalue weighted by atomic mass is 10.0. The summed E-state index contributed by atoms with van der Waals surface area (Å²) in [5.74, 6) is 0.967. The number of rotatable bonds is 6. The van der Waals surface area contributed by atoms with Crippen LogP contribution in [0.15, 0.2) is 0 Å². The Labute approximate surface area is 130 Å². The van der Waals surface area contributed by atoms with Gasteiger partial charge in [0.05, 0.1) is 12.2 Å². The van der Waals surface area contributed by atoms with Crippen LogP contribution in [0.1, 0.15) is 59.8 Å². The highest BCUT2D eigenvalue weighted by atomic mass is 16.2. The summed E-state index contributed by atoms with van der Waals surface area (Å²) >= 11 is 0. The van der Waals surface area contributed by atoms with Crippen LogP contribution in [0, 0.1) is 5.92 Å². The van der Waals surface area contributed by atoms with Crippen molar-refractivity contribution in [1.29, 1.82) is 0 Å². The summed E-state index contributed by atoms with van der Waals surface area (Å²) in [5.41, 5.74) is 0. The second-order valence-corrected chi connectivity index (χ2v) is 7.09. The molecule has 0 aromatic heterocycles. The molecular weight excluding hydrogens is 262 g/mol. The average Bonchev–Trinajstić information content (AvgIpc) is 2.75. The molecule has 0 saturated carbocycles. The third-order valence-electron chi connectivity index (χ3n) is 4.88. The van der Waals surface area contributed by atoms with E-state index in [-0.39, 0.29) is 12.2 Å². The van der Waals surface area contributed by atoms with Crippen molar-refractivity contribution >= 4 is 5.91 Å². The molecule has 4 heteroatoms. The van der Waals surface area contributed by atoms with Gasteiger partial charge in [0.1, 0.15) is 0 Å². The van der Waals surface area contributed by atoms with Crippen molar-refractivity contribution in [1.82, 2.24) is 15.1 Å². The largest absolute Gasteiger partial charge is 0.322 e. The first-order valence-corrected chi connectivity index (χ1v) is 8.87. The molecule has 2 aliphatic heterocycles. The van der Waals surface area contributed by atoms with Crippen LogP contribution < -0.4 is 5.32 Å². The normalized spacial score (nSPS) is 31.4. The Hall–Kier alpha value is -0.610. The molecule has 0 radical (unpaired) electrons. The van der Waals surface area contributed by atoms with Gasteiger partial charge in [0.15, 0.2) is 0 Å². The lowest BCUT2D eigenvalue weighted by Gasteiger charge is -2.40. The van der Waals surface area contributed by atoms with Crippen molar-refractivity contribution in [2.24, 2.45) is 5.92 Å². The van der Waals surface area contributed by atoms with Crippen LogP contribution in [0.3, 0.4) is 0 Å². The van der Waals surface area contributed by atoms with Gasteiger partial charge in [0.2, 0.25) is 5.91 Å². The van der Waals surface area contributed by atoms with Gasteiger partial charge in [-0.05, 0) is 44.7 Å². The topological polar surface area (TPSA) is 35.6 Å². The van der Waals surface area contributed by atoms with Crippen molar-refractivity contribution in [3.8, 4) is 0 Å². The van der Waals surface area contributed by atoms with Gasteiger partial charge in [0, 0.05) is 12.6 Å². The van der Waals surface area contributed by atoms with Crippen molar-refractivity contribution in [3.63, 3.8) is 0 Å². The number of nitrogens with zero attached hydrogens (tertiary/aromatic N) is 2. The van der Waals surface area contributed by atoms with E-state index in [0.29, 0.717) is 17.9 Å². The molecule has 2 fully saturated rings. The van der Waals surface area contributed by atoms with Crippen LogP contribution in [0.25, 0.3) is 0 Å². The summed E-state index contributed by atoms with van der Waals surface area (Å²) in [5, 5.41) is 3.61. The minimum Gasteiger partial charge on any atom is -0.322 e. The van der Waals surface area contributed by atoms with Gasteiger partial charge in [-0.2, -0.15) is 0 Å². The van der Waals surface area contributed by atoms with Crippen LogP contribution in [-0.2, 0) is 4.79 Å². The van der Waals surface area contributed by atoms with E-state index in [0.717, 1.165) is 38.8 Å². The highest BCUT2D eigenvalue weighted by molar-refractivity contribution is 5.84. The average molecular weight is 295 g/mol. The van der Waals surface area contributed by atoms with Crippen LogP contribution in [0.4, 0.5) is 0 Å². The van der Waals surface area contributed by atoms with Crippen molar-refractivity contribution in [3.05, 3.63) is 0 Å². The molecule has 21 heavy (non-hydrogen) atoms. The third kappa shape index (κ3) is 3.98. The molecule has 3 atom stereocenters. The number of carbonyl (C=O) groups excluding carboxylic acids is 1. The van der Waals surface area contributed by atoms with E-state index in [4.69, 9.17) is 0 Å². The summed E-state index contributed by atoms with van der Waals surface area (Å²) in [6.45, 7) is 12.2. The van der Waals surface area contributed by atoms with Crippen molar-refractivity contribution < 1.29 is 4.79 Å². The van der Waals surface area contributed by atoms with Crippen LogP contribution in [0.2, 0.25) is 0 Å². The van der Waals surface area contributed by atoms with Crippen LogP contribution in [-0.4, -0.2) is 53.6 Å². The second-order valence-electron chi connectivity index (χ2n) is 7.09. The molecule has 2 heterocycles. The Morgan fingerprint density at radius 3 is 2.71 bits per heavy atom. The lowest BCUT2D eigenvalue weighted by Crippen LogP contribution is -2.52. The molecule has 0 aromatic rings. The molecule has 2 saturated heterocycles. The SMILES string of the molecule is CCCC1NC(CC(C)C)N(C2CCCN(CC)C2)C1=O. The maximum atomic E-state index is 12.8. The summed E-state index contributed by atoms with van der Waals surface area (Å²) in [4.78, 5) is 17.5. The number of likely N-dealkylation sites (tertiary alicyclic amines) is 1. The van der Waals surface area contributed by atoms with Gasteiger partial charge in [-0.1, -0.05) is 34.1 Å². The molecule has 0 aliphatic carbocycles. The number of piperidine rings is 1. The predicted molar refractivity (Wildman–Crippen MR) is 87.1 cm³/mol. The first-order valence-electron chi connectivity index (χ1n) is 8.87. The van der Waals surface area contributed by atoms with E-state index in [9.17, 15) is 4.79 Å². The standard InChI is InChI=1S/C17H33N3O/c1-5-8-15-17(21)20(16(18-15)11-13(3)4)14-9-7-10-19(6-2)12-14/h13-16,18H,5-12H2,1-4H3. The quantitative estimate of drug-likeness (QED) is 0.817. The molecule has 0 spiro atoms. The fourth-order valence-corrected chi connectivity index (χ4v) is 3.82. The minimum atomic E-state index is 0.0516. The minimum absolute atomic E-state index is 0.0516. The number of amides is 1. The monoisotopic (exact) mass is 295 g/mol. The Morgan fingerprint density at radius 1 is 1.33 bits per heavy atom. The van der Waals surface area contributed by atoms with Gasteiger partial charge in [-0.3, -0.25) is 10.1 Å². The zero-order valence-electron chi connectivity index (χ0n) is 14.3. The van der Waals surface area contributed by atoms with Gasteiger partial charge < -0.3 is 9.80 Å². The van der Waals surface area contributed by atoms with E-state index in [1.807, 2.05) is 0 Å². The summed E-state index contributed by atoms with van der Waals surface area (Å²) < 4.78 is 0. The smallest absolute Gasteiger partial charge is 0.241 e. The molecule has 122 valence electrons. The third-order valence-corrected chi connectivity index (χ3v) is 4.88. The Morgan fingerprint density at radius 2 is 2.10 bits per heavy atom. The molecule has 1 N–H and O–H groups in total. The van der Waals surface area contributed by atoms with E-state index in [1.165, 1.54) is 13.0 Å². The molecule has 3 unspecified atom stereocenters. The summed E-state index contributed by atoms with van der Waals surface area (Å²) in [6.07, 6.45) is 5.72. The number of likely N-dealkylation sites (N-methyl/N-ethyl adjacent to an activating group) is 1. The zero-order chi connectivity index (χ0) is 15.4. The van der Waals surface area contributed by atoms with Crippen molar-refractivity contribution in [2.45, 2.75) is 78.0 Å². The highest BCUT2D eigenvalue weighted by Gasteiger charge is 2.42. The predicted octanol–water partition coefficient (Wildman–Crippen LogP) is 2.44. The number of carbonyl (C=O) groups is 1. The van der Waals surface area contributed by atoms with Crippen molar-refractivity contribution in [2.75, 3.05) is 19.6 Å². The molecule has 4 nitrogen and oxygen atoms in total. The maximum Gasteiger partial charge on any atom is 0.241 e. The highest BCUT2D eigenvalue weighted by Crippen LogP contribution is 2.26. The fraction of sp³-hybridized carbons (Fsp3) is 0.941.